The molecule has 1 aromatic rings. The molecule has 0 amide bonds. The Bertz CT molecular complexity index is 420. The van der Waals surface area contributed by atoms with E-state index in [-0.39, 0.29) is 0 Å². The molecule has 0 bridgehead atoms. The summed E-state index contributed by atoms with van der Waals surface area (Å²) < 4.78 is 0. The molecule has 2 fully saturated rings. The number of nitrogens with zero attached hydrogens (tertiary/aromatic N) is 4. The quantitative estimate of drug-likeness (QED) is 0.812. The van der Waals surface area contributed by atoms with Crippen molar-refractivity contribution in [2.75, 3.05) is 26.2 Å². The molecule has 0 saturated carbocycles. The Morgan fingerprint density at radius 3 is 3.00 bits per heavy atom. The fourth-order valence-electron chi connectivity index (χ4n) is 3.41. The Hall–Kier alpha value is -1.00. The molecule has 0 spiro atoms. The average Bonchev–Trinajstić information content (AvgIpc) is 2.60. The van der Waals surface area contributed by atoms with Crippen LogP contribution in [0.15, 0.2) is 12.3 Å². The van der Waals surface area contributed by atoms with Crippen LogP contribution < -0.4 is 0 Å². The predicted molar refractivity (Wildman–Crippen MR) is 75.9 cm³/mol. The third-order valence-corrected chi connectivity index (χ3v) is 4.36. The van der Waals surface area contributed by atoms with Gasteiger partial charge < -0.3 is 0 Å². The molecule has 2 aliphatic heterocycles. The topological polar surface area (TPSA) is 32.3 Å². The van der Waals surface area contributed by atoms with Crippen LogP contribution in [0, 0.1) is 6.92 Å². The Morgan fingerprint density at radius 1 is 1.21 bits per heavy atom. The lowest BCUT2D eigenvalue weighted by atomic mass is 10.0. The molecule has 104 valence electrons. The van der Waals surface area contributed by atoms with Crippen molar-refractivity contribution in [2.24, 2.45) is 0 Å². The van der Waals surface area contributed by atoms with Gasteiger partial charge in [-0.25, -0.2) is 9.97 Å². The monoisotopic (exact) mass is 260 g/mol. The van der Waals surface area contributed by atoms with Crippen molar-refractivity contribution in [3.8, 4) is 0 Å². The highest BCUT2D eigenvalue weighted by Crippen LogP contribution is 2.21. The number of fused-ring (bicyclic) bond motifs is 1. The molecule has 0 radical (unpaired) electrons. The maximum Gasteiger partial charge on any atom is 0.125 e. The molecule has 0 aliphatic carbocycles. The number of rotatable bonds is 2. The van der Waals surface area contributed by atoms with Gasteiger partial charge in [-0.1, -0.05) is 6.42 Å². The summed E-state index contributed by atoms with van der Waals surface area (Å²) in [5.74, 6) is 0.881. The van der Waals surface area contributed by atoms with Crippen LogP contribution in [-0.2, 0) is 6.54 Å². The van der Waals surface area contributed by atoms with E-state index in [0.717, 1.165) is 24.1 Å². The van der Waals surface area contributed by atoms with Crippen LogP contribution in [-0.4, -0.2) is 52.0 Å². The lowest BCUT2D eigenvalue weighted by Gasteiger charge is -2.35. The zero-order chi connectivity index (χ0) is 13.1. The molecule has 4 nitrogen and oxygen atoms in total. The molecule has 4 heteroatoms. The summed E-state index contributed by atoms with van der Waals surface area (Å²) in [5, 5.41) is 0. The third-order valence-electron chi connectivity index (χ3n) is 4.36. The molecule has 1 aromatic heterocycles. The summed E-state index contributed by atoms with van der Waals surface area (Å²) in [6.07, 6.45) is 7.34. The van der Waals surface area contributed by atoms with Gasteiger partial charge in [-0.05, 0) is 51.9 Å². The first kappa shape index (κ1) is 13.0. The van der Waals surface area contributed by atoms with Crippen LogP contribution >= 0.6 is 0 Å². The SMILES string of the molecule is Cc1nccc(CN2CCCN3CCCCC3C2)n1. The number of aromatic nitrogens is 2. The molecular formula is C15H24N4. The van der Waals surface area contributed by atoms with E-state index >= 15 is 0 Å². The molecule has 2 aliphatic rings. The molecule has 3 heterocycles. The lowest BCUT2D eigenvalue weighted by molar-refractivity contribution is 0.134. The minimum absolute atomic E-state index is 0.777. The van der Waals surface area contributed by atoms with E-state index < -0.39 is 0 Å². The zero-order valence-corrected chi connectivity index (χ0v) is 11.9. The maximum atomic E-state index is 4.54. The van der Waals surface area contributed by atoms with Crippen LogP contribution in [0.5, 0.6) is 0 Å². The van der Waals surface area contributed by atoms with Crippen molar-refractivity contribution in [2.45, 2.75) is 45.2 Å². The van der Waals surface area contributed by atoms with Crippen molar-refractivity contribution in [1.29, 1.82) is 0 Å². The van der Waals surface area contributed by atoms with E-state index in [4.69, 9.17) is 0 Å². The summed E-state index contributed by atoms with van der Waals surface area (Å²) >= 11 is 0. The first-order valence-corrected chi connectivity index (χ1v) is 7.56. The molecule has 0 aromatic carbocycles. The third kappa shape index (κ3) is 3.31. The number of hydrogen-bond donors (Lipinski definition) is 0. The first-order chi connectivity index (χ1) is 9.31. The molecule has 2 saturated heterocycles. The minimum atomic E-state index is 0.777. The van der Waals surface area contributed by atoms with Gasteiger partial charge in [-0.3, -0.25) is 9.80 Å². The Morgan fingerprint density at radius 2 is 2.11 bits per heavy atom. The lowest BCUT2D eigenvalue weighted by Crippen LogP contribution is -2.43. The molecule has 3 rings (SSSR count). The second-order valence-corrected chi connectivity index (χ2v) is 5.87. The van der Waals surface area contributed by atoms with Gasteiger partial charge in [0.05, 0.1) is 5.69 Å². The Kier molecular flexibility index (Phi) is 4.09. The smallest absolute Gasteiger partial charge is 0.125 e. The van der Waals surface area contributed by atoms with Crippen molar-refractivity contribution >= 4 is 0 Å². The van der Waals surface area contributed by atoms with Crippen LogP contribution in [0.2, 0.25) is 0 Å². The van der Waals surface area contributed by atoms with E-state index in [1.807, 2.05) is 13.1 Å². The van der Waals surface area contributed by atoms with Gasteiger partial charge in [0.2, 0.25) is 0 Å². The Balaban J connectivity index is 1.64. The van der Waals surface area contributed by atoms with Gasteiger partial charge in [0, 0.05) is 25.3 Å². The van der Waals surface area contributed by atoms with Gasteiger partial charge in [0.15, 0.2) is 0 Å². The van der Waals surface area contributed by atoms with Gasteiger partial charge in [-0.15, -0.1) is 0 Å². The van der Waals surface area contributed by atoms with Gasteiger partial charge >= 0.3 is 0 Å². The van der Waals surface area contributed by atoms with Crippen LogP contribution in [0.3, 0.4) is 0 Å². The minimum Gasteiger partial charge on any atom is -0.299 e. The Labute approximate surface area is 115 Å². The molecular weight excluding hydrogens is 236 g/mol. The number of hydrogen-bond acceptors (Lipinski definition) is 4. The average molecular weight is 260 g/mol. The number of piperidine rings is 1. The summed E-state index contributed by atoms with van der Waals surface area (Å²) in [4.78, 5) is 14.0. The zero-order valence-electron chi connectivity index (χ0n) is 11.9. The summed E-state index contributed by atoms with van der Waals surface area (Å²) in [6.45, 7) is 7.96. The number of aryl methyl sites for hydroxylation is 1. The van der Waals surface area contributed by atoms with E-state index in [1.54, 1.807) is 0 Å². The molecule has 1 atom stereocenters. The van der Waals surface area contributed by atoms with Crippen molar-refractivity contribution < 1.29 is 0 Å². The van der Waals surface area contributed by atoms with E-state index in [1.165, 1.54) is 51.9 Å². The molecule has 1 unspecified atom stereocenters. The van der Waals surface area contributed by atoms with E-state index in [9.17, 15) is 0 Å². The summed E-state index contributed by atoms with van der Waals surface area (Å²) in [5.41, 5.74) is 1.16. The van der Waals surface area contributed by atoms with Crippen molar-refractivity contribution in [3.63, 3.8) is 0 Å². The summed E-state index contributed by atoms with van der Waals surface area (Å²) in [6, 6.07) is 2.83. The fourth-order valence-corrected chi connectivity index (χ4v) is 3.41. The van der Waals surface area contributed by atoms with Gasteiger partial charge in [0.1, 0.15) is 5.82 Å². The van der Waals surface area contributed by atoms with Gasteiger partial charge in [-0.2, -0.15) is 0 Å². The molecule has 0 N–H and O–H groups in total. The highest BCUT2D eigenvalue weighted by atomic mass is 15.2. The summed E-state index contributed by atoms with van der Waals surface area (Å²) in [7, 11) is 0. The normalized spacial score (nSPS) is 25.8. The first-order valence-electron chi connectivity index (χ1n) is 7.56. The van der Waals surface area contributed by atoms with Crippen LogP contribution in [0.1, 0.15) is 37.2 Å². The van der Waals surface area contributed by atoms with Gasteiger partial charge in [0.25, 0.3) is 0 Å². The second kappa shape index (κ2) is 5.97. The van der Waals surface area contributed by atoms with Crippen molar-refractivity contribution in [1.82, 2.24) is 19.8 Å². The second-order valence-electron chi connectivity index (χ2n) is 5.87. The van der Waals surface area contributed by atoms with Crippen molar-refractivity contribution in [3.05, 3.63) is 23.8 Å². The van der Waals surface area contributed by atoms with E-state index in [0.29, 0.717) is 0 Å². The fraction of sp³-hybridized carbons (Fsp3) is 0.733. The molecule has 19 heavy (non-hydrogen) atoms. The predicted octanol–water partition coefficient (Wildman–Crippen LogP) is 1.85. The standard InChI is InChI=1S/C15H24N4/c1-13-16-7-6-14(17-13)11-18-8-4-10-19-9-3-2-5-15(19)12-18/h6-7,15H,2-5,8-12H2,1H3. The highest BCUT2D eigenvalue weighted by Gasteiger charge is 2.26. The van der Waals surface area contributed by atoms with Crippen LogP contribution in [0.4, 0.5) is 0 Å². The van der Waals surface area contributed by atoms with E-state index in [2.05, 4.69) is 25.8 Å². The highest BCUT2D eigenvalue weighted by molar-refractivity contribution is 5.02. The largest absolute Gasteiger partial charge is 0.299 e. The maximum absolute atomic E-state index is 4.54. The van der Waals surface area contributed by atoms with Crippen LogP contribution in [0.25, 0.3) is 0 Å².